The molecule has 3 N–H and O–H groups in total. The van der Waals surface area contributed by atoms with Gasteiger partial charge in [0.15, 0.2) is 0 Å². The second-order valence-electron chi connectivity index (χ2n) is 8.65. The van der Waals surface area contributed by atoms with Crippen LogP contribution < -0.4 is 16.2 Å². The van der Waals surface area contributed by atoms with E-state index in [1.54, 1.807) is 18.4 Å². The highest BCUT2D eigenvalue weighted by atomic mass is 32.1. The molecule has 3 heterocycles. The molecule has 7 nitrogen and oxygen atoms in total. The average molecular weight is 445 g/mol. The zero-order valence-corrected chi connectivity index (χ0v) is 19.3. The molecule has 2 saturated heterocycles. The maximum Gasteiger partial charge on any atom is 0.261 e. The van der Waals surface area contributed by atoms with Crippen molar-refractivity contribution in [2.75, 3.05) is 33.4 Å². The van der Waals surface area contributed by atoms with Crippen LogP contribution in [0.5, 0.6) is 0 Å². The number of nitrogens with one attached hydrogen (secondary N) is 3. The van der Waals surface area contributed by atoms with Crippen LogP contribution in [0.1, 0.15) is 47.8 Å². The number of benzene rings is 1. The van der Waals surface area contributed by atoms with Crippen molar-refractivity contribution in [1.29, 1.82) is 0 Å². The first-order chi connectivity index (χ1) is 15.0. The summed E-state index contributed by atoms with van der Waals surface area (Å²) >= 11 is 1.54. The standard InChI is InChI=1S/C23H32N4O3S/c1-14-18(15(2)26-25-14)12-20(28)27-10-8-16(13-27)21-17-6-4-5-7-19(17)31-22(21)23(29)24-9-11-30-3/h4-7,14-16,18,25-26H,8-13H2,1-3H3,(H,24,29). The van der Waals surface area contributed by atoms with Crippen molar-refractivity contribution in [3.8, 4) is 0 Å². The van der Waals surface area contributed by atoms with E-state index in [1.807, 2.05) is 17.0 Å². The predicted octanol–water partition coefficient (Wildman–Crippen LogP) is 2.48. The Bertz CT molecular complexity index is 936. The molecule has 2 aliphatic heterocycles. The molecule has 0 aliphatic carbocycles. The molecule has 2 amide bonds. The summed E-state index contributed by atoms with van der Waals surface area (Å²) < 4.78 is 6.18. The van der Waals surface area contributed by atoms with Gasteiger partial charge in [0.25, 0.3) is 5.91 Å². The Morgan fingerprint density at radius 1 is 1.23 bits per heavy atom. The number of hydrogen-bond acceptors (Lipinski definition) is 6. The van der Waals surface area contributed by atoms with Crippen molar-refractivity contribution in [2.45, 2.75) is 44.7 Å². The third-order valence-corrected chi connectivity index (χ3v) is 7.80. The Balaban J connectivity index is 1.51. The molecule has 3 unspecified atom stereocenters. The van der Waals surface area contributed by atoms with E-state index >= 15 is 0 Å². The van der Waals surface area contributed by atoms with Crippen LogP contribution in [0.15, 0.2) is 24.3 Å². The van der Waals surface area contributed by atoms with Crippen molar-refractivity contribution in [3.05, 3.63) is 34.7 Å². The van der Waals surface area contributed by atoms with Crippen LogP contribution in [0.2, 0.25) is 0 Å². The van der Waals surface area contributed by atoms with E-state index < -0.39 is 0 Å². The number of nitrogens with zero attached hydrogens (tertiary/aromatic N) is 1. The quantitative estimate of drug-likeness (QED) is 0.572. The second kappa shape index (κ2) is 9.65. The lowest BCUT2D eigenvalue weighted by Gasteiger charge is -2.22. The van der Waals surface area contributed by atoms with Gasteiger partial charge in [-0.2, -0.15) is 0 Å². The summed E-state index contributed by atoms with van der Waals surface area (Å²) in [4.78, 5) is 28.7. The summed E-state index contributed by atoms with van der Waals surface area (Å²) in [6, 6.07) is 8.74. The minimum Gasteiger partial charge on any atom is -0.383 e. The molecule has 0 spiro atoms. The van der Waals surface area contributed by atoms with E-state index in [0.717, 1.165) is 33.5 Å². The lowest BCUT2D eigenvalue weighted by atomic mass is 9.92. The summed E-state index contributed by atoms with van der Waals surface area (Å²) in [5.74, 6) is 0.625. The predicted molar refractivity (Wildman–Crippen MR) is 123 cm³/mol. The average Bonchev–Trinajstić information content (AvgIpc) is 3.47. The third kappa shape index (κ3) is 4.62. The number of carbonyl (C=O) groups excluding carboxylic acids is 2. The number of carbonyl (C=O) groups is 2. The number of thiophene rings is 1. The molecule has 0 bridgehead atoms. The zero-order valence-electron chi connectivity index (χ0n) is 18.4. The topological polar surface area (TPSA) is 82.7 Å². The van der Waals surface area contributed by atoms with E-state index in [-0.39, 0.29) is 35.7 Å². The number of rotatable bonds is 7. The van der Waals surface area contributed by atoms with Gasteiger partial charge in [-0.25, -0.2) is 0 Å². The van der Waals surface area contributed by atoms with Gasteiger partial charge in [0, 0.05) is 61.8 Å². The van der Waals surface area contributed by atoms with E-state index in [0.29, 0.717) is 26.1 Å². The normalized spacial score (nSPS) is 26.0. The fraction of sp³-hybridized carbons (Fsp3) is 0.565. The van der Waals surface area contributed by atoms with Gasteiger partial charge in [-0.1, -0.05) is 18.2 Å². The fourth-order valence-electron chi connectivity index (χ4n) is 4.80. The Morgan fingerprint density at radius 2 is 1.97 bits per heavy atom. The second-order valence-corrected chi connectivity index (χ2v) is 9.70. The first kappa shape index (κ1) is 22.2. The highest BCUT2D eigenvalue weighted by Crippen LogP contribution is 2.40. The van der Waals surface area contributed by atoms with Crippen molar-refractivity contribution >= 4 is 33.2 Å². The maximum atomic E-state index is 13.0. The Kier molecular flexibility index (Phi) is 6.91. The van der Waals surface area contributed by atoms with Gasteiger partial charge in [-0.15, -0.1) is 11.3 Å². The van der Waals surface area contributed by atoms with E-state index in [9.17, 15) is 9.59 Å². The maximum absolute atomic E-state index is 13.0. The summed E-state index contributed by atoms with van der Waals surface area (Å²) in [7, 11) is 1.63. The molecule has 2 fully saturated rings. The number of likely N-dealkylation sites (tertiary alicyclic amines) is 1. The summed E-state index contributed by atoms with van der Waals surface area (Å²) in [6.07, 6.45) is 1.43. The molecular weight excluding hydrogens is 412 g/mol. The number of fused-ring (bicyclic) bond motifs is 1. The van der Waals surface area contributed by atoms with Crippen LogP contribution in [0.25, 0.3) is 10.1 Å². The summed E-state index contributed by atoms with van der Waals surface area (Å²) in [6.45, 7) is 6.63. The molecule has 1 aromatic carbocycles. The number of hydrogen-bond donors (Lipinski definition) is 3. The van der Waals surface area contributed by atoms with Gasteiger partial charge < -0.3 is 15.0 Å². The van der Waals surface area contributed by atoms with Crippen molar-refractivity contribution in [2.24, 2.45) is 5.92 Å². The molecule has 0 saturated carbocycles. The Morgan fingerprint density at radius 3 is 2.71 bits per heavy atom. The number of ether oxygens (including phenoxy) is 1. The van der Waals surface area contributed by atoms with E-state index in [1.165, 1.54) is 0 Å². The van der Waals surface area contributed by atoms with Crippen molar-refractivity contribution < 1.29 is 14.3 Å². The van der Waals surface area contributed by atoms with E-state index in [4.69, 9.17) is 4.74 Å². The molecule has 8 heteroatoms. The third-order valence-electron chi connectivity index (χ3n) is 6.61. The molecule has 3 atom stereocenters. The van der Waals surface area contributed by atoms with Crippen molar-refractivity contribution in [3.63, 3.8) is 0 Å². The lowest BCUT2D eigenvalue weighted by Crippen LogP contribution is -2.34. The van der Waals surface area contributed by atoms with Gasteiger partial charge in [0.2, 0.25) is 5.91 Å². The first-order valence-electron chi connectivity index (χ1n) is 11.1. The van der Waals surface area contributed by atoms with Crippen LogP contribution >= 0.6 is 11.3 Å². The molecule has 31 heavy (non-hydrogen) atoms. The summed E-state index contributed by atoms with van der Waals surface area (Å²) in [5, 5.41) is 4.10. The molecule has 0 radical (unpaired) electrons. The fourth-order valence-corrected chi connectivity index (χ4v) is 6.01. The SMILES string of the molecule is COCCNC(=O)c1sc2ccccc2c1C1CCN(C(=O)CC2C(C)NNC2C)C1. The molecule has 4 rings (SSSR count). The highest BCUT2D eigenvalue weighted by Gasteiger charge is 2.36. The van der Waals surface area contributed by atoms with Crippen LogP contribution in [0.4, 0.5) is 0 Å². The molecule has 2 aromatic rings. The zero-order chi connectivity index (χ0) is 22.0. The molecule has 168 valence electrons. The lowest BCUT2D eigenvalue weighted by molar-refractivity contribution is -0.131. The van der Waals surface area contributed by atoms with Crippen LogP contribution in [-0.4, -0.2) is 62.1 Å². The van der Waals surface area contributed by atoms with Crippen LogP contribution in [0.3, 0.4) is 0 Å². The van der Waals surface area contributed by atoms with Gasteiger partial charge in [-0.05, 0) is 37.3 Å². The minimum absolute atomic E-state index is 0.0521. The van der Waals surface area contributed by atoms with Gasteiger partial charge in [0.05, 0.1) is 11.5 Å². The van der Waals surface area contributed by atoms with Crippen LogP contribution in [0, 0.1) is 5.92 Å². The van der Waals surface area contributed by atoms with Gasteiger partial charge in [0.1, 0.15) is 0 Å². The Hall–Kier alpha value is -2.00. The molecule has 1 aromatic heterocycles. The molecule has 2 aliphatic rings. The highest BCUT2D eigenvalue weighted by molar-refractivity contribution is 7.21. The van der Waals surface area contributed by atoms with Crippen molar-refractivity contribution in [1.82, 2.24) is 21.1 Å². The van der Waals surface area contributed by atoms with E-state index in [2.05, 4.69) is 42.1 Å². The largest absolute Gasteiger partial charge is 0.383 e. The number of methoxy groups -OCH3 is 1. The summed E-state index contributed by atoms with van der Waals surface area (Å²) in [5.41, 5.74) is 7.56. The number of amides is 2. The first-order valence-corrected chi connectivity index (χ1v) is 11.9. The monoisotopic (exact) mass is 444 g/mol. The smallest absolute Gasteiger partial charge is 0.261 e. The van der Waals surface area contributed by atoms with Gasteiger partial charge in [-0.3, -0.25) is 20.4 Å². The van der Waals surface area contributed by atoms with Crippen LogP contribution in [-0.2, 0) is 9.53 Å². The Labute approximate surface area is 187 Å². The van der Waals surface area contributed by atoms with Gasteiger partial charge >= 0.3 is 0 Å². The molecular formula is C23H32N4O3S. The number of hydrazine groups is 1. The minimum atomic E-state index is -0.0521.